The van der Waals surface area contributed by atoms with E-state index in [0.717, 1.165) is 22.2 Å². The summed E-state index contributed by atoms with van der Waals surface area (Å²) in [5.41, 5.74) is 3.62. The standard InChI is InChI=1S/C23H23NO4/c1-4-22(23(26)27-3)28-17-11-9-16(10-12-17)21(25)14-13-18-15(2)24-20-8-6-5-7-19(18)20/h5-14,22,24H,4H2,1-3H3/b14-13+. The summed E-state index contributed by atoms with van der Waals surface area (Å²) in [6.45, 7) is 3.83. The third kappa shape index (κ3) is 4.14. The van der Waals surface area contributed by atoms with Crippen molar-refractivity contribution in [3.63, 3.8) is 0 Å². The Morgan fingerprint density at radius 3 is 2.50 bits per heavy atom. The first kappa shape index (κ1) is 19.4. The van der Waals surface area contributed by atoms with Crippen molar-refractivity contribution in [2.24, 2.45) is 0 Å². The fourth-order valence-electron chi connectivity index (χ4n) is 3.06. The molecule has 0 aliphatic heterocycles. The summed E-state index contributed by atoms with van der Waals surface area (Å²) in [5, 5.41) is 1.08. The number of carbonyl (C=O) groups is 2. The molecule has 0 amide bonds. The summed E-state index contributed by atoms with van der Waals surface area (Å²) in [6, 6.07) is 14.7. The highest BCUT2D eigenvalue weighted by Gasteiger charge is 2.18. The Hall–Kier alpha value is -3.34. The minimum atomic E-state index is -0.656. The number of fused-ring (bicyclic) bond motifs is 1. The molecule has 0 aliphatic carbocycles. The van der Waals surface area contributed by atoms with E-state index in [4.69, 9.17) is 9.47 Å². The van der Waals surface area contributed by atoms with Gasteiger partial charge < -0.3 is 14.5 Å². The maximum atomic E-state index is 12.5. The predicted molar refractivity (Wildman–Crippen MR) is 110 cm³/mol. The lowest BCUT2D eigenvalue weighted by molar-refractivity contribution is -0.148. The quantitative estimate of drug-likeness (QED) is 0.368. The zero-order valence-corrected chi connectivity index (χ0v) is 16.2. The second kappa shape index (κ2) is 8.57. The Labute approximate surface area is 164 Å². The van der Waals surface area contributed by atoms with Gasteiger partial charge in [-0.1, -0.05) is 25.1 Å². The number of methoxy groups -OCH3 is 1. The zero-order chi connectivity index (χ0) is 20.1. The first-order chi connectivity index (χ1) is 13.5. The lowest BCUT2D eigenvalue weighted by atomic mass is 10.1. The molecule has 0 saturated carbocycles. The summed E-state index contributed by atoms with van der Waals surface area (Å²) in [5.74, 6) is 0.00109. The second-order valence-corrected chi connectivity index (χ2v) is 6.47. The molecule has 0 spiro atoms. The van der Waals surface area contributed by atoms with Gasteiger partial charge in [0.05, 0.1) is 7.11 Å². The van der Waals surface area contributed by atoms with Gasteiger partial charge in [0.2, 0.25) is 0 Å². The Balaban J connectivity index is 1.73. The summed E-state index contributed by atoms with van der Waals surface area (Å²) >= 11 is 0. The molecule has 0 saturated heterocycles. The normalized spacial score (nSPS) is 12.2. The maximum Gasteiger partial charge on any atom is 0.347 e. The van der Waals surface area contributed by atoms with Crippen molar-refractivity contribution in [3.05, 3.63) is 71.4 Å². The van der Waals surface area contributed by atoms with E-state index in [-0.39, 0.29) is 5.78 Å². The Morgan fingerprint density at radius 1 is 1.11 bits per heavy atom. The molecule has 0 radical (unpaired) electrons. The van der Waals surface area contributed by atoms with Crippen LogP contribution in [0.4, 0.5) is 0 Å². The van der Waals surface area contributed by atoms with Crippen LogP contribution < -0.4 is 4.74 Å². The van der Waals surface area contributed by atoms with Gasteiger partial charge in [0.1, 0.15) is 5.75 Å². The van der Waals surface area contributed by atoms with E-state index in [2.05, 4.69) is 4.98 Å². The highest BCUT2D eigenvalue weighted by Crippen LogP contribution is 2.23. The number of aromatic amines is 1. The van der Waals surface area contributed by atoms with E-state index in [1.165, 1.54) is 7.11 Å². The largest absolute Gasteiger partial charge is 0.479 e. The molecule has 0 fully saturated rings. The van der Waals surface area contributed by atoms with Gasteiger partial charge in [-0.05, 0) is 55.8 Å². The fraction of sp³-hybridized carbons (Fsp3) is 0.217. The Kier molecular flexibility index (Phi) is 5.94. The highest BCUT2D eigenvalue weighted by molar-refractivity contribution is 6.08. The molecule has 0 bridgehead atoms. The molecule has 1 atom stereocenters. The van der Waals surface area contributed by atoms with Crippen molar-refractivity contribution < 1.29 is 19.1 Å². The van der Waals surface area contributed by atoms with Crippen molar-refractivity contribution in [1.29, 1.82) is 0 Å². The summed E-state index contributed by atoms with van der Waals surface area (Å²) in [4.78, 5) is 27.5. The SMILES string of the molecule is CCC(Oc1ccc(C(=O)/C=C/c2c(C)[nH]c3ccccc23)cc1)C(=O)OC. The number of para-hydroxylation sites is 1. The highest BCUT2D eigenvalue weighted by atomic mass is 16.6. The van der Waals surface area contributed by atoms with Crippen molar-refractivity contribution in [2.45, 2.75) is 26.4 Å². The van der Waals surface area contributed by atoms with Crippen molar-refractivity contribution in [3.8, 4) is 5.75 Å². The molecule has 1 heterocycles. The number of aromatic nitrogens is 1. The monoisotopic (exact) mass is 377 g/mol. The number of esters is 1. The minimum absolute atomic E-state index is 0.101. The summed E-state index contributed by atoms with van der Waals surface area (Å²) < 4.78 is 10.3. The molecular weight excluding hydrogens is 354 g/mol. The van der Waals surface area contributed by atoms with Gasteiger partial charge in [0.25, 0.3) is 0 Å². The number of hydrogen-bond donors (Lipinski definition) is 1. The number of benzene rings is 2. The lowest BCUT2D eigenvalue weighted by Gasteiger charge is -2.15. The molecule has 28 heavy (non-hydrogen) atoms. The second-order valence-electron chi connectivity index (χ2n) is 6.47. The van der Waals surface area contributed by atoms with Gasteiger partial charge >= 0.3 is 5.97 Å². The maximum absolute atomic E-state index is 12.5. The number of rotatable bonds is 7. The summed E-state index contributed by atoms with van der Waals surface area (Å²) in [6.07, 6.45) is 3.25. The van der Waals surface area contributed by atoms with Crippen LogP contribution in [0.2, 0.25) is 0 Å². The number of aryl methyl sites for hydroxylation is 1. The van der Waals surface area contributed by atoms with Crippen molar-refractivity contribution in [1.82, 2.24) is 4.98 Å². The van der Waals surface area contributed by atoms with Gasteiger partial charge in [-0.25, -0.2) is 4.79 Å². The number of hydrogen-bond acceptors (Lipinski definition) is 4. The third-order valence-corrected chi connectivity index (χ3v) is 4.60. The van der Waals surface area contributed by atoms with E-state index in [1.54, 1.807) is 30.3 Å². The van der Waals surface area contributed by atoms with E-state index in [1.807, 2.05) is 44.2 Å². The summed E-state index contributed by atoms with van der Waals surface area (Å²) in [7, 11) is 1.33. The number of ketones is 1. The number of nitrogens with one attached hydrogen (secondary N) is 1. The molecular formula is C23H23NO4. The van der Waals surface area contributed by atoms with Crippen LogP contribution >= 0.6 is 0 Å². The van der Waals surface area contributed by atoms with Gasteiger partial charge in [0, 0.05) is 27.7 Å². The van der Waals surface area contributed by atoms with E-state index in [9.17, 15) is 9.59 Å². The molecule has 3 aromatic rings. The molecule has 1 unspecified atom stereocenters. The van der Waals surface area contributed by atoms with Crippen LogP contribution in [0.5, 0.6) is 5.75 Å². The molecule has 2 aromatic carbocycles. The van der Waals surface area contributed by atoms with Crippen molar-refractivity contribution >= 4 is 28.7 Å². The topological polar surface area (TPSA) is 68.4 Å². The number of ether oxygens (including phenoxy) is 2. The lowest BCUT2D eigenvalue weighted by Crippen LogP contribution is -2.27. The van der Waals surface area contributed by atoms with Crippen LogP contribution in [0.25, 0.3) is 17.0 Å². The molecule has 0 aliphatic rings. The molecule has 5 heteroatoms. The Bertz CT molecular complexity index is 1010. The zero-order valence-electron chi connectivity index (χ0n) is 16.2. The van der Waals surface area contributed by atoms with Crippen LogP contribution in [0, 0.1) is 6.92 Å². The first-order valence-corrected chi connectivity index (χ1v) is 9.17. The third-order valence-electron chi connectivity index (χ3n) is 4.60. The van der Waals surface area contributed by atoms with Crippen LogP contribution in [0.1, 0.15) is 35.0 Å². The molecule has 1 N–H and O–H groups in total. The van der Waals surface area contributed by atoms with E-state index >= 15 is 0 Å². The minimum Gasteiger partial charge on any atom is -0.479 e. The average molecular weight is 377 g/mol. The van der Waals surface area contributed by atoms with Crippen LogP contribution in [-0.4, -0.2) is 30.0 Å². The van der Waals surface area contributed by atoms with Crippen molar-refractivity contribution in [2.75, 3.05) is 7.11 Å². The van der Waals surface area contributed by atoms with Crippen LogP contribution in [0.3, 0.4) is 0 Å². The average Bonchev–Trinajstić information content (AvgIpc) is 3.05. The van der Waals surface area contributed by atoms with Crippen LogP contribution in [0.15, 0.2) is 54.6 Å². The van der Waals surface area contributed by atoms with Gasteiger partial charge in [0.15, 0.2) is 11.9 Å². The number of allylic oxidation sites excluding steroid dienone is 1. The van der Waals surface area contributed by atoms with Gasteiger partial charge in [-0.3, -0.25) is 4.79 Å². The smallest absolute Gasteiger partial charge is 0.347 e. The molecule has 1 aromatic heterocycles. The van der Waals surface area contributed by atoms with E-state index < -0.39 is 12.1 Å². The Morgan fingerprint density at radius 2 is 1.82 bits per heavy atom. The number of H-pyrrole nitrogens is 1. The van der Waals surface area contributed by atoms with Gasteiger partial charge in [-0.2, -0.15) is 0 Å². The van der Waals surface area contributed by atoms with Gasteiger partial charge in [-0.15, -0.1) is 0 Å². The molecule has 3 rings (SSSR count). The molecule has 144 valence electrons. The van der Waals surface area contributed by atoms with E-state index in [0.29, 0.717) is 17.7 Å². The fourth-order valence-corrected chi connectivity index (χ4v) is 3.06. The number of carbonyl (C=O) groups excluding carboxylic acids is 2. The molecule has 5 nitrogen and oxygen atoms in total. The predicted octanol–water partition coefficient (Wildman–Crippen LogP) is 4.70. The van der Waals surface area contributed by atoms with Crippen LogP contribution in [-0.2, 0) is 9.53 Å². The first-order valence-electron chi connectivity index (χ1n) is 9.17.